The third-order valence-electron chi connectivity index (χ3n) is 5.97. The molecule has 11 heteroatoms. The van der Waals surface area contributed by atoms with Crippen LogP contribution < -0.4 is 4.72 Å². The molecule has 37 heavy (non-hydrogen) atoms. The molecule has 184 valence electrons. The molecule has 0 aliphatic heterocycles. The number of sulfonamides is 1. The zero-order valence-corrected chi connectivity index (χ0v) is 20.3. The lowest BCUT2D eigenvalue weighted by atomic mass is 10.0. The Labute approximate surface area is 210 Å². The molecule has 0 bridgehead atoms. The van der Waals surface area contributed by atoms with Crippen LogP contribution in [0.1, 0.15) is 5.56 Å². The van der Waals surface area contributed by atoms with Crippen molar-refractivity contribution in [3.8, 4) is 33.9 Å². The lowest BCUT2D eigenvalue weighted by molar-refractivity contribution is 0.586. The highest BCUT2D eigenvalue weighted by Gasteiger charge is 2.16. The Morgan fingerprint density at radius 2 is 1.84 bits per heavy atom. The number of pyridine rings is 3. The van der Waals surface area contributed by atoms with Crippen molar-refractivity contribution < 1.29 is 12.8 Å². The number of aromatic amines is 2. The fraction of sp³-hybridized carbons (Fsp3) is 0.0769. The molecule has 5 aromatic heterocycles. The molecule has 0 saturated heterocycles. The summed E-state index contributed by atoms with van der Waals surface area (Å²) in [6.45, 7) is -0.0118. The summed E-state index contributed by atoms with van der Waals surface area (Å²) in [5.41, 5.74) is 6.15. The second kappa shape index (κ2) is 8.87. The summed E-state index contributed by atoms with van der Waals surface area (Å²) in [6, 6.07) is 15.8. The maximum Gasteiger partial charge on any atom is 0.209 e. The number of fused-ring (bicyclic) bond motifs is 2. The Morgan fingerprint density at radius 1 is 0.946 bits per heavy atom. The first-order chi connectivity index (χ1) is 17.8. The van der Waals surface area contributed by atoms with E-state index in [1.807, 2.05) is 30.3 Å². The Morgan fingerprint density at radius 3 is 2.65 bits per heavy atom. The van der Waals surface area contributed by atoms with E-state index < -0.39 is 15.8 Å². The average molecular weight is 514 g/mol. The molecule has 5 heterocycles. The number of hydrogen-bond donors (Lipinski definition) is 3. The van der Waals surface area contributed by atoms with Gasteiger partial charge in [-0.25, -0.2) is 22.5 Å². The number of aromatic nitrogens is 6. The minimum atomic E-state index is -3.41. The van der Waals surface area contributed by atoms with Crippen LogP contribution in [0.25, 0.3) is 55.8 Å². The Hall–Kier alpha value is -4.48. The molecule has 3 N–H and O–H groups in total. The first-order valence-corrected chi connectivity index (χ1v) is 13.2. The lowest BCUT2D eigenvalue weighted by Gasteiger charge is -2.08. The van der Waals surface area contributed by atoms with Gasteiger partial charge < -0.3 is 4.98 Å². The van der Waals surface area contributed by atoms with E-state index in [2.05, 4.69) is 34.9 Å². The molecule has 0 atom stereocenters. The second-order valence-electron chi connectivity index (χ2n) is 8.65. The standard InChI is InChI=1S/C26H20FN7O2S/c1-37(35,36)31-13-15-8-16(10-17(27)9-15)18-5-7-29-26-19(18)11-23(32-26)25-20-12-22(21-4-2-3-6-28-21)30-14-24(20)33-34-25/h2-12,14,31H,13H2,1H3,(H,29,32)(H,33,34). The van der Waals surface area contributed by atoms with E-state index >= 15 is 0 Å². The van der Waals surface area contributed by atoms with E-state index in [9.17, 15) is 12.8 Å². The van der Waals surface area contributed by atoms with E-state index in [0.717, 1.165) is 45.2 Å². The van der Waals surface area contributed by atoms with Crippen LogP contribution in [-0.2, 0) is 16.6 Å². The van der Waals surface area contributed by atoms with Crippen molar-refractivity contribution in [2.75, 3.05) is 6.26 Å². The quantitative estimate of drug-likeness (QED) is 0.302. The average Bonchev–Trinajstić information content (AvgIpc) is 3.51. The summed E-state index contributed by atoms with van der Waals surface area (Å²) >= 11 is 0. The van der Waals surface area contributed by atoms with Gasteiger partial charge in [0.2, 0.25) is 10.0 Å². The number of hydrogen-bond acceptors (Lipinski definition) is 6. The van der Waals surface area contributed by atoms with Gasteiger partial charge in [0, 0.05) is 29.7 Å². The number of halogens is 1. The van der Waals surface area contributed by atoms with Crippen molar-refractivity contribution in [2.45, 2.75) is 6.54 Å². The molecule has 1 aromatic carbocycles. The molecular weight excluding hydrogens is 493 g/mol. The zero-order chi connectivity index (χ0) is 25.6. The number of rotatable bonds is 6. The smallest absolute Gasteiger partial charge is 0.209 e. The van der Waals surface area contributed by atoms with Gasteiger partial charge in [-0.05, 0) is 65.2 Å². The van der Waals surface area contributed by atoms with Crippen LogP contribution in [0.5, 0.6) is 0 Å². The number of H-pyrrole nitrogens is 2. The van der Waals surface area contributed by atoms with Crippen LogP contribution in [0.4, 0.5) is 4.39 Å². The number of benzene rings is 1. The molecule has 0 spiro atoms. The van der Waals surface area contributed by atoms with Crippen LogP contribution in [0.2, 0.25) is 0 Å². The summed E-state index contributed by atoms with van der Waals surface area (Å²) in [4.78, 5) is 16.7. The van der Waals surface area contributed by atoms with Crippen molar-refractivity contribution in [3.05, 3.63) is 84.6 Å². The summed E-state index contributed by atoms with van der Waals surface area (Å²) < 4.78 is 39.9. The largest absolute Gasteiger partial charge is 0.338 e. The zero-order valence-electron chi connectivity index (χ0n) is 19.5. The number of nitrogens with zero attached hydrogens (tertiary/aromatic N) is 4. The van der Waals surface area contributed by atoms with Crippen molar-refractivity contribution in [2.24, 2.45) is 0 Å². The summed E-state index contributed by atoms with van der Waals surface area (Å²) in [5.74, 6) is -0.462. The van der Waals surface area contributed by atoms with Gasteiger partial charge in [-0.15, -0.1) is 0 Å². The molecule has 0 fully saturated rings. The molecule has 0 aliphatic carbocycles. The van der Waals surface area contributed by atoms with E-state index in [1.54, 1.807) is 30.7 Å². The summed E-state index contributed by atoms with van der Waals surface area (Å²) in [7, 11) is -3.41. The van der Waals surface area contributed by atoms with Crippen LogP contribution in [0.3, 0.4) is 0 Å². The van der Waals surface area contributed by atoms with E-state index in [0.29, 0.717) is 22.5 Å². The van der Waals surface area contributed by atoms with Gasteiger partial charge in [0.25, 0.3) is 0 Å². The van der Waals surface area contributed by atoms with Gasteiger partial charge >= 0.3 is 0 Å². The van der Waals surface area contributed by atoms with E-state index in [-0.39, 0.29) is 6.54 Å². The highest BCUT2D eigenvalue weighted by atomic mass is 32.2. The Balaban J connectivity index is 1.44. The Kier molecular flexibility index (Phi) is 5.50. The SMILES string of the molecule is CS(=O)(=O)NCc1cc(F)cc(-c2ccnc3[nH]c(-c4n[nH]c5cnc(-c6ccccn6)cc45)cc23)c1. The van der Waals surface area contributed by atoms with Crippen LogP contribution in [0.15, 0.2) is 73.2 Å². The molecule has 0 radical (unpaired) electrons. The van der Waals surface area contributed by atoms with Gasteiger partial charge in [0.1, 0.15) is 17.2 Å². The fourth-order valence-electron chi connectivity index (χ4n) is 4.31. The molecule has 0 amide bonds. The Bertz CT molecular complexity index is 1880. The molecule has 0 unspecified atom stereocenters. The maximum atomic E-state index is 14.5. The highest BCUT2D eigenvalue weighted by molar-refractivity contribution is 7.88. The minimum absolute atomic E-state index is 0.0118. The molecule has 0 aliphatic rings. The van der Waals surface area contributed by atoms with Gasteiger partial charge in [0.05, 0.1) is 35.1 Å². The second-order valence-corrected chi connectivity index (χ2v) is 10.5. The van der Waals surface area contributed by atoms with Gasteiger partial charge in [-0.2, -0.15) is 5.10 Å². The third-order valence-corrected chi connectivity index (χ3v) is 6.64. The molecule has 6 rings (SSSR count). The van der Waals surface area contributed by atoms with Gasteiger partial charge in [0.15, 0.2) is 0 Å². The fourth-order valence-corrected chi connectivity index (χ4v) is 4.73. The van der Waals surface area contributed by atoms with Crippen molar-refractivity contribution >= 4 is 32.0 Å². The number of nitrogens with one attached hydrogen (secondary N) is 3. The molecule has 0 saturated carbocycles. The van der Waals surface area contributed by atoms with Crippen LogP contribution in [-0.4, -0.2) is 44.8 Å². The monoisotopic (exact) mass is 513 g/mol. The third kappa shape index (κ3) is 4.57. The van der Waals surface area contributed by atoms with E-state index in [1.165, 1.54) is 12.1 Å². The first-order valence-electron chi connectivity index (χ1n) is 11.3. The van der Waals surface area contributed by atoms with Crippen LogP contribution in [0, 0.1) is 5.82 Å². The maximum absolute atomic E-state index is 14.5. The topological polar surface area (TPSA) is 129 Å². The molecule has 9 nitrogen and oxygen atoms in total. The minimum Gasteiger partial charge on any atom is -0.338 e. The first kappa shape index (κ1) is 23.0. The lowest BCUT2D eigenvalue weighted by Crippen LogP contribution is -2.21. The van der Waals surface area contributed by atoms with Crippen molar-refractivity contribution in [1.82, 2.24) is 34.9 Å². The normalized spacial score (nSPS) is 11.9. The molecular formula is C26H20FN7O2S. The summed E-state index contributed by atoms with van der Waals surface area (Å²) in [5, 5.41) is 9.16. The molecule has 6 aromatic rings. The predicted octanol–water partition coefficient (Wildman–Crippen LogP) is 4.42. The van der Waals surface area contributed by atoms with Crippen molar-refractivity contribution in [1.29, 1.82) is 0 Å². The summed E-state index contributed by atoms with van der Waals surface area (Å²) in [6.07, 6.45) is 6.15. The van der Waals surface area contributed by atoms with Gasteiger partial charge in [-0.1, -0.05) is 6.07 Å². The van der Waals surface area contributed by atoms with Gasteiger partial charge in [-0.3, -0.25) is 15.1 Å². The van der Waals surface area contributed by atoms with Crippen molar-refractivity contribution in [3.63, 3.8) is 0 Å². The predicted molar refractivity (Wildman–Crippen MR) is 139 cm³/mol. The van der Waals surface area contributed by atoms with Crippen LogP contribution >= 0.6 is 0 Å². The van der Waals surface area contributed by atoms with E-state index in [4.69, 9.17) is 0 Å². The highest BCUT2D eigenvalue weighted by Crippen LogP contribution is 2.34.